The number of carbonyl (C=O) groups is 1. The fraction of sp³-hybridized carbons (Fsp3) is 0.250. The Balaban J connectivity index is 2.14. The zero-order chi connectivity index (χ0) is 16.7. The van der Waals surface area contributed by atoms with E-state index in [2.05, 4.69) is 5.32 Å². The second-order valence-corrected chi connectivity index (χ2v) is 5.51. The van der Waals surface area contributed by atoms with E-state index in [0.717, 1.165) is 11.3 Å². The Bertz CT molecular complexity index is 657. The molecule has 0 saturated carbocycles. The molecule has 3 heteroatoms. The van der Waals surface area contributed by atoms with Crippen LogP contribution in [-0.4, -0.2) is 18.6 Å². The second kappa shape index (κ2) is 8.18. The first-order valence-corrected chi connectivity index (χ1v) is 7.83. The molecule has 0 aromatic heterocycles. The summed E-state index contributed by atoms with van der Waals surface area (Å²) >= 11 is 0. The Kier molecular flexibility index (Phi) is 5.98. The minimum Gasteiger partial charge on any atom is -0.464 e. The lowest BCUT2D eigenvalue weighted by atomic mass is 10.1. The number of anilines is 1. The van der Waals surface area contributed by atoms with Crippen LogP contribution in [0.4, 0.5) is 5.69 Å². The third-order valence-electron chi connectivity index (χ3n) is 3.47. The van der Waals surface area contributed by atoms with Gasteiger partial charge < -0.3 is 10.1 Å². The Morgan fingerprint density at radius 2 is 1.61 bits per heavy atom. The largest absolute Gasteiger partial charge is 0.464 e. The minimum atomic E-state index is -0.515. The van der Waals surface area contributed by atoms with Gasteiger partial charge in [-0.2, -0.15) is 0 Å². The highest BCUT2D eigenvalue weighted by Crippen LogP contribution is 2.13. The fourth-order valence-electron chi connectivity index (χ4n) is 2.13. The molecule has 0 aliphatic carbocycles. The molecule has 1 atom stereocenters. The number of benzene rings is 2. The first kappa shape index (κ1) is 16.8. The van der Waals surface area contributed by atoms with E-state index in [4.69, 9.17) is 4.74 Å². The number of carbonyl (C=O) groups excluding carboxylic acids is 1. The van der Waals surface area contributed by atoms with Gasteiger partial charge in [0, 0.05) is 5.69 Å². The van der Waals surface area contributed by atoms with E-state index < -0.39 is 6.04 Å². The zero-order valence-electron chi connectivity index (χ0n) is 13.9. The molecule has 0 fully saturated rings. The molecule has 0 heterocycles. The van der Waals surface area contributed by atoms with Crippen LogP contribution in [0.5, 0.6) is 0 Å². The summed E-state index contributed by atoms with van der Waals surface area (Å²) in [4.78, 5) is 12.2. The molecule has 3 nitrogen and oxygen atoms in total. The summed E-state index contributed by atoms with van der Waals surface area (Å²) in [6, 6.07) is 15.6. The van der Waals surface area contributed by atoms with E-state index in [1.165, 1.54) is 11.1 Å². The van der Waals surface area contributed by atoms with Crippen molar-refractivity contribution in [2.45, 2.75) is 26.8 Å². The van der Waals surface area contributed by atoms with Gasteiger partial charge in [0.15, 0.2) is 0 Å². The maximum absolute atomic E-state index is 12.2. The first-order chi connectivity index (χ1) is 11.1. The Labute approximate surface area is 138 Å². The molecule has 2 aromatic carbocycles. The SMILES string of the molecule is CCOC(=O)C(/C=C/c1ccc(C)cc1)Nc1ccc(C)cc1. The molecule has 2 rings (SSSR count). The van der Waals surface area contributed by atoms with Gasteiger partial charge in [-0.25, -0.2) is 4.79 Å². The smallest absolute Gasteiger partial charge is 0.332 e. The van der Waals surface area contributed by atoms with Crippen molar-refractivity contribution < 1.29 is 9.53 Å². The van der Waals surface area contributed by atoms with Crippen LogP contribution in [0, 0.1) is 13.8 Å². The standard InChI is InChI=1S/C20H23NO2/c1-4-23-20(22)19(21-18-12-7-16(3)8-13-18)14-11-17-9-5-15(2)6-10-17/h5-14,19,21H,4H2,1-3H3/b14-11+. The summed E-state index contributed by atoms with van der Waals surface area (Å²) in [6.45, 7) is 6.26. The Morgan fingerprint density at radius 3 is 2.17 bits per heavy atom. The van der Waals surface area contributed by atoms with Crippen LogP contribution in [0.15, 0.2) is 54.6 Å². The molecule has 120 valence electrons. The van der Waals surface area contributed by atoms with E-state index in [1.54, 1.807) is 0 Å². The summed E-state index contributed by atoms with van der Waals surface area (Å²) in [5.74, 6) is -0.281. The van der Waals surface area contributed by atoms with Gasteiger partial charge in [-0.15, -0.1) is 0 Å². The zero-order valence-corrected chi connectivity index (χ0v) is 13.9. The molecule has 0 bridgehead atoms. The summed E-state index contributed by atoms with van der Waals surface area (Å²) in [7, 11) is 0. The molecular formula is C20H23NO2. The Morgan fingerprint density at radius 1 is 1.04 bits per heavy atom. The molecule has 0 aliphatic heterocycles. The van der Waals surface area contributed by atoms with Gasteiger partial charge in [0.1, 0.15) is 6.04 Å². The van der Waals surface area contributed by atoms with Crippen molar-refractivity contribution in [2.24, 2.45) is 0 Å². The van der Waals surface area contributed by atoms with Gasteiger partial charge in [0.25, 0.3) is 0 Å². The maximum Gasteiger partial charge on any atom is 0.332 e. The quantitative estimate of drug-likeness (QED) is 0.806. The molecular weight excluding hydrogens is 286 g/mol. The van der Waals surface area contributed by atoms with Crippen LogP contribution < -0.4 is 5.32 Å². The summed E-state index contributed by atoms with van der Waals surface area (Å²) in [5, 5.41) is 3.21. The molecule has 0 aliphatic rings. The van der Waals surface area contributed by atoms with Crippen LogP contribution in [0.1, 0.15) is 23.6 Å². The predicted molar refractivity (Wildman–Crippen MR) is 95.4 cm³/mol. The molecule has 0 amide bonds. The van der Waals surface area contributed by atoms with E-state index in [-0.39, 0.29) is 5.97 Å². The monoisotopic (exact) mass is 309 g/mol. The van der Waals surface area contributed by atoms with Crippen molar-refractivity contribution in [3.63, 3.8) is 0 Å². The number of esters is 1. The van der Waals surface area contributed by atoms with Crippen LogP contribution in [0.25, 0.3) is 6.08 Å². The minimum absolute atomic E-state index is 0.281. The molecule has 0 radical (unpaired) electrons. The third-order valence-corrected chi connectivity index (χ3v) is 3.47. The number of ether oxygens (including phenoxy) is 1. The molecule has 1 N–H and O–H groups in total. The average molecular weight is 309 g/mol. The number of nitrogens with one attached hydrogen (secondary N) is 1. The lowest BCUT2D eigenvalue weighted by Crippen LogP contribution is -2.29. The lowest BCUT2D eigenvalue weighted by Gasteiger charge is -2.15. The summed E-state index contributed by atoms with van der Waals surface area (Å²) in [6.07, 6.45) is 3.77. The van der Waals surface area contributed by atoms with Crippen molar-refractivity contribution in [1.82, 2.24) is 0 Å². The highest BCUT2D eigenvalue weighted by atomic mass is 16.5. The number of rotatable bonds is 6. The van der Waals surface area contributed by atoms with Crippen molar-refractivity contribution in [3.8, 4) is 0 Å². The van der Waals surface area contributed by atoms with Gasteiger partial charge in [0.2, 0.25) is 0 Å². The Hall–Kier alpha value is -2.55. The molecule has 1 unspecified atom stereocenters. The molecule has 23 heavy (non-hydrogen) atoms. The van der Waals surface area contributed by atoms with Crippen LogP contribution >= 0.6 is 0 Å². The maximum atomic E-state index is 12.2. The number of hydrogen-bond donors (Lipinski definition) is 1. The van der Waals surface area contributed by atoms with Crippen molar-refractivity contribution in [2.75, 3.05) is 11.9 Å². The van der Waals surface area contributed by atoms with Crippen molar-refractivity contribution >= 4 is 17.7 Å². The normalized spacial score (nSPS) is 12.1. The predicted octanol–water partition coefficient (Wildman–Crippen LogP) is 4.36. The second-order valence-electron chi connectivity index (χ2n) is 5.51. The van der Waals surface area contributed by atoms with E-state index >= 15 is 0 Å². The van der Waals surface area contributed by atoms with Crippen LogP contribution in [-0.2, 0) is 9.53 Å². The van der Waals surface area contributed by atoms with Crippen LogP contribution in [0.2, 0.25) is 0 Å². The third kappa shape index (κ3) is 5.29. The van der Waals surface area contributed by atoms with E-state index in [1.807, 2.05) is 81.5 Å². The van der Waals surface area contributed by atoms with Gasteiger partial charge in [-0.05, 0) is 38.5 Å². The van der Waals surface area contributed by atoms with Crippen molar-refractivity contribution in [1.29, 1.82) is 0 Å². The number of aryl methyl sites for hydroxylation is 2. The summed E-state index contributed by atoms with van der Waals surface area (Å²) in [5.41, 5.74) is 4.33. The van der Waals surface area contributed by atoms with E-state index in [0.29, 0.717) is 6.61 Å². The molecule has 0 spiro atoms. The van der Waals surface area contributed by atoms with Crippen LogP contribution in [0.3, 0.4) is 0 Å². The van der Waals surface area contributed by atoms with E-state index in [9.17, 15) is 4.79 Å². The van der Waals surface area contributed by atoms with Crippen molar-refractivity contribution in [3.05, 3.63) is 71.3 Å². The highest BCUT2D eigenvalue weighted by Gasteiger charge is 2.16. The topological polar surface area (TPSA) is 38.3 Å². The highest BCUT2D eigenvalue weighted by molar-refractivity contribution is 5.83. The molecule has 2 aromatic rings. The van der Waals surface area contributed by atoms with Gasteiger partial charge in [-0.3, -0.25) is 0 Å². The van der Waals surface area contributed by atoms with Gasteiger partial charge in [-0.1, -0.05) is 59.7 Å². The van der Waals surface area contributed by atoms with Gasteiger partial charge >= 0.3 is 5.97 Å². The fourth-order valence-corrected chi connectivity index (χ4v) is 2.13. The first-order valence-electron chi connectivity index (χ1n) is 7.83. The summed E-state index contributed by atoms with van der Waals surface area (Å²) < 4.78 is 5.15. The lowest BCUT2D eigenvalue weighted by molar-refractivity contribution is -0.142. The molecule has 0 saturated heterocycles. The van der Waals surface area contributed by atoms with Gasteiger partial charge in [0.05, 0.1) is 6.61 Å². The number of hydrogen-bond acceptors (Lipinski definition) is 3. The average Bonchev–Trinajstić information content (AvgIpc) is 2.55.